The average molecular weight is 318 g/mol. The fourth-order valence-electron chi connectivity index (χ4n) is 2.32. The summed E-state index contributed by atoms with van der Waals surface area (Å²) >= 11 is 0. The van der Waals surface area contributed by atoms with Gasteiger partial charge in [-0.15, -0.1) is 0 Å². The van der Waals surface area contributed by atoms with E-state index in [1.54, 1.807) is 12.1 Å². The van der Waals surface area contributed by atoms with Crippen molar-refractivity contribution in [3.8, 4) is 5.75 Å². The van der Waals surface area contributed by atoms with Gasteiger partial charge in [0.25, 0.3) is 0 Å². The first-order valence-corrected chi connectivity index (χ1v) is 7.66. The predicted octanol–water partition coefficient (Wildman–Crippen LogP) is 4.47. The Hall–Kier alpha value is -3.27. The second-order valence-electron chi connectivity index (χ2n) is 5.44. The molecule has 0 unspecified atom stereocenters. The summed E-state index contributed by atoms with van der Waals surface area (Å²) in [5.41, 5.74) is 9.48. The van der Waals surface area contributed by atoms with Gasteiger partial charge in [0.1, 0.15) is 5.75 Å². The molecule has 0 fully saturated rings. The molecular formula is C20H18N2O2. The highest BCUT2D eigenvalue weighted by Gasteiger charge is 2.05. The molecule has 0 aliphatic carbocycles. The lowest BCUT2D eigenvalue weighted by atomic mass is 10.0. The molecule has 0 aromatic heterocycles. The first kappa shape index (κ1) is 15.6. The molecule has 1 amide bonds. The fourth-order valence-corrected chi connectivity index (χ4v) is 2.32. The lowest BCUT2D eigenvalue weighted by molar-refractivity contribution is 0.215. The number of amides is 1. The van der Waals surface area contributed by atoms with Gasteiger partial charge in [-0.2, -0.15) is 0 Å². The van der Waals surface area contributed by atoms with Crippen LogP contribution < -0.4 is 15.8 Å². The minimum Gasteiger partial charge on any atom is -0.410 e. The molecule has 4 heteroatoms. The predicted molar refractivity (Wildman–Crippen MR) is 96.2 cm³/mol. The van der Waals surface area contributed by atoms with Crippen LogP contribution in [0.1, 0.15) is 11.1 Å². The zero-order valence-corrected chi connectivity index (χ0v) is 13.1. The van der Waals surface area contributed by atoms with E-state index in [-0.39, 0.29) is 0 Å². The summed E-state index contributed by atoms with van der Waals surface area (Å²) in [4.78, 5) is 11.8. The molecule has 3 aromatic rings. The van der Waals surface area contributed by atoms with Crippen LogP contribution in [-0.2, 0) is 6.42 Å². The van der Waals surface area contributed by atoms with Crippen LogP contribution in [0.4, 0.5) is 16.2 Å². The van der Waals surface area contributed by atoms with Crippen LogP contribution in [-0.4, -0.2) is 6.09 Å². The summed E-state index contributed by atoms with van der Waals surface area (Å²) < 4.78 is 5.19. The Morgan fingerprint density at radius 1 is 0.833 bits per heavy atom. The second-order valence-corrected chi connectivity index (χ2v) is 5.44. The van der Waals surface area contributed by atoms with Gasteiger partial charge >= 0.3 is 6.09 Å². The summed E-state index contributed by atoms with van der Waals surface area (Å²) in [7, 11) is 0. The molecule has 120 valence electrons. The van der Waals surface area contributed by atoms with Crippen molar-refractivity contribution < 1.29 is 9.53 Å². The summed E-state index contributed by atoms with van der Waals surface area (Å²) in [6.45, 7) is 0. The molecule has 3 N–H and O–H groups in total. The molecule has 0 saturated carbocycles. The second kappa shape index (κ2) is 7.33. The van der Waals surface area contributed by atoms with Gasteiger partial charge in [0.15, 0.2) is 0 Å². The number of nitrogens with two attached hydrogens (primary N) is 1. The number of rotatable bonds is 4. The monoisotopic (exact) mass is 318 g/mol. The summed E-state index contributed by atoms with van der Waals surface area (Å²) in [6.07, 6.45) is 0.308. The van der Waals surface area contributed by atoms with E-state index in [2.05, 4.69) is 5.32 Å². The van der Waals surface area contributed by atoms with Crippen LogP contribution in [0, 0.1) is 0 Å². The van der Waals surface area contributed by atoms with Crippen molar-refractivity contribution in [1.82, 2.24) is 0 Å². The minimum atomic E-state index is -0.507. The van der Waals surface area contributed by atoms with Crippen LogP contribution >= 0.6 is 0 Å². The van der Waals surface area contributed by atoms with Gasteiger partial charge in [0, 0.05) is 11.4 Å². The van der Waals surface area contributed by atoms with Gasteiger partial charge in [-0.1, -0.05) is 42.5 Å². The number of para-hydroxylation sites is 1. The molecule has 0 bridgehead atoms. The highest BCUT2D eigenvalue weighted by molar-refractivity contribution is 5.86. The molecule has 0 saturated heterocycles. The first-order valence-electron chi connectivity index (χ1n) is 7.66. The number of benzene rings is 3. The van der Waals surface area contributed by atoms with E-state index < -0.39 is 6.09 Å². The van der Waals surface area contributed by atoms with Crippen molar-refractivity contribution in [2.75, 3.05) is 11.1 Å². The Kier molecular flexibility index (Phi) is 4.77. The number of hydrogen-bond acceptors (Lipinski definition) is 3. The van der Waals surface area contributed by atoms with E-state index in [9.17, 15) is 4.79 Å². The first-order chi connectivity index (χ1) is 11.7. The molecule has 3 rings (SSSR count). The molecule has 24 heavy (non-hydrogen) atoms. The molecule has 0 radical (unpaired) electrons. The Labute approximate surface area is 140 Å². The van der Waals surface area contributed by atoms with Gasteiger partial charge in [-0.3, -0.25) is 5.32 Å². The van der Waals surface area contributed by atoms with Crippen molar-refractivity contribution >= 4 is 17.5 Å². The molecule has 0 aliphatic rings. The zero-order valence-electron chi connectivity index (χ0n) is 13.1. The highest BCUT2D eigenvalue weighted by Crippen LogP contribution is 2.16. The van der Waals surface area contributed by atoms with E-state index in [4.69, 9.17) is 10.5 Å². The maximum absolute atomic E-state index is 11.8. The molecule has 0 heterocycles. The maximum atomic E-state index is 11.8. The highest BCUT2D eigenvalue weighted by atomic mass is 16.6. The Balaban J connectivity index is 1.58. The molecule has 0 aliphatic heterocycles. The number of hydrogen-bond donors (Lipinski definition) is 2. The van der Waals surface area contributed by atoms with E-state index >= 15 is 0 Å². The van der Waals surface area contributed by atoms with E-state index in [0.717, 1.165) is 17.7 Å². The Bertz CT molecular complexity index is 797. The largest absolute Gasteiger partial charge is 0.417 e. The van der Waals surface area contributed by atoms with Crippen LogP contribution in [0.2, 0.25) is 0 Å². The third-order valence-electron chi connectivity index (χ3n) is 3.54. The van der Waals surface area contributed by atoms with Crippen molar-refractivity contribution in [3.63, 3.8) is 0 Å². The van der Waals surface area contributed by atoms with Crippen molar-refractivity contribution in [3.05, 3.63) is 90.0 Å². The summed E-state index contributed by atoms with van der Waals surface area (Å²) in [5.74, 6) is 0.509. The van der Waals surface area contributed by atoms with Gasteiger partial charge < -0.3 is 10.5 Å². The smallest absolute Gasteiger partial charge is 0.410 e. The number of anilines is 2. The molecular weight excluding hydrogens is 300 g/mol. The summed E-state index contributed by atoms with van der Waals surface area (Å²) in [6, 6.07) is 24.5. The third kappa shape index (κ3) is 4.36. The van der Waals surface area contributed by atoms with Crippen molar-refractivity contribution in [2.45, 2.75) is 6.42 Å². The topological polar surface area (TPSA) is 64.3 Å². The summed E-state index contributed by atoms with van der Waals surface area (Å²) in [5, 5.41) is 2.71. The number of nitrogens with one attached hydrogen (secondary N) is 1. The van der Waals surface area contributed by atoms with Gasteiger partial charge in [-0.05, 0) is 53.9 Å². The molecule has 3 aromatic carbocycles. The van der Waals surface area contributed by atoms with Gasteiger partial charge in [0.2, 0.25) is 0 Å². The average Bonchev–Trinajstić information content (AvgIpc) is 2.59. The SMILES string of the molecule is Nc1ccc(Cc2ccc(NC(=O)Oc3ccccc3)cc2)cc1. The normalized spacial score (nSPS) is 10.2. The number of carbonyl (C=O) groups excluding carboxylic acids is 1. The molecule has 0 spiro atoms. The van der Waals surface area contributed by atoms with Crippen LogP contribution in [0.5, 0.6) is 5.75 Å². The minimum absolute atomic E-state index is 0.507. The van der Waals surface area contributed by atoms with E-state index in [1.807, 2.05) is 66.7 Å². The zero-order chi connectivity index (χ0) is 16.8. The number of ether oxygens (including phenoxy) is 1. The van der Waals surface area contributed by atoms with Crippen LogP contribution in [0.3, 0.4) is 0 Å². The lowest BCUT2D eigenvalue weighted by Gasteiger charge is -2.08. The van der Waals surface area contributed by atoms with Crippen LogP contribution in [0.25, 0.3) is 0 Å². The van der Waals surface area contributed by atoms with Gasteiger partial charge in [0.05, 0.1) is 0 Å². The van der Waals surface area contributed by atoms with Gasteiger partial charge in [-0.25, -0.2) is 4.79 Å². The third-order valence-corrected chi connectivity index (χ3v) is 3.54. The lowest BCUT2D eigenvalue weighted by Crippen LogP contribution is -2.16. The quantitative estimate of drug-likeness (QED) is 0.698. The van der Waals surface area contributed by atoms with E-state index in [0.29, 0.717) is 11.4 Å². The standard InChI is InChI=1S/C20H18N2O2/c21-17-10-6-15(7-11-17)14-16-8-12-18(13-9-16)22-20(23)24-19-4-2-1-3-5-19/h1-13H,14,21H2,(H,22,23). The number of carbonyl (C=O) groups is 1. The van der Waals surface area contributed by atoms with E-state index in [1.165, 1.54) is 5.56 Å². The van der Waals surface area contributed by atoms with Crippen molar-refractivity contribution in [1.29, 1.82) is 0 Å². The maximum Gasteiger partial charge on any atom is 0.417 e. The van der Waals surface area contributed by atoms with Crippen molar-refractivity contribution in [2.24, 2.45) is 0 Å². The Morgan fingerprint density at radius 2 is 1.42 bits per heavy atom. The fraction of sp³-hybridized carbons (Fsp3) is 0.0500. The molecule has 0 atom stereocenters. The number of nitrogen functional groups attached to an aromatic ring is 1. The Morgan fingerprint density at radius 3 is 2.04 bits per heavy atom. The molecule has 4 nitrogen and oxygen atoms in total. The van der Waals surface area contributed by atoms with Crippen LogP contribution in [0.15, 0.2) is 78.9 Å².